The summed E-state index contributed by atoms with van der Waals surface area (Å²) in [5.74, 6) is 0.699. The lowest BCUT2D eigenvalue weighted by Gasteiger charge is -2.10. The first-order valence-electron chi connectivity index (χ1n) is 7.24. The van der Waals surface area contributed by atoms with Crippen molar-refractivity contribution in [1.82, 2.24) is 9.38 Å². The predicted molar refractivity (Wildman–Crippen MR) is 82.2 cm³/mol. The molecule has 110 valence electrons. The van der Waals surface area contributed by atoms with Crippen molar-refractivity contribution in [2.45, 2.75) is 18.8 Å². The van der Waals surface area contributed by atoms with Crippen LogP contribution in [0.2, 0.25) is 0 Å². The summed E-state index contributed by atoms with van der Waals surface area (Å²) < 4.78 is 16.0. The first-order chi connectivity index (χ1) is 10.8. The summed E-state index contributed by atoms with van der Waals surface area (Å²) in [4.78, 5) is 14.8. The van der Waals surface area contributed by atoms with Crippen molar-refractivity contribution >= 4 is 17.9 Å². The van der Waals surface area contributed by atoms with Crippen LogP contribution in [0.25, 0.3) is 16.8 Å². The van der Waals surface area contributed by atoms with Gasteiger partial charge in [0.15, 0.2) is 5.82 Å². The zero-order valence-corrected chi connectivity index (χ0v) is 11.8. The number of pyridine rings is 1. The highest BCUT2D eigenvalue weighted by Gasteiger charge is 2.29. The van der Waals surface area contributed by atoms with Gasteiger partial charge < -0.3 is 9.72 Å². The summed E-state index contributed by atoms with van der Waals surface area (Å²) in [7, 11) is 0. The largest absolute Gasteiger partial charge is 0.312 e. The zero-order chi connectivity index (χ0) is 15.1. The number of fused-ring (bicyclic) bond motifs is 1. The van der Waals surface area contributed by atoms with Gasteiger partial charge in [-0.25, -0.2) is 9.37 Å². The topological polar surface area (TPSA) is 46.4 Å². The van der Waals surface area contributed by atoms with E-state index in [0.717, 1.165) is 35.2 Å². The van der Waals surface area contributed by atoms with Gasteiger partial charge in [-0.2, -0.15) is 0 Å². The Morgan fingerprint density at radius 1 is 1.23 bits per heavy atom. The molecule has 0 unspecified atom stereocenters. The summed E-state index contributed by atoms with van der Waals surface area (Å²) in [6.45, 7) is 0. The zero-order valence-electron chi connectivity index (χ0n) is 11.8. The molecule has 0 bridgehead atoms. The Bertz CT molecular complexity index is 867. The first kappa shape index (κ1) is 13.0. The van der Waals surface area contributed by atoms with Crippen molar-refractivity contribution in [3.63, 3.8) is 0 Å². The number of rotatable bonds is 4. The lowest BCUT2D eigenvalue weighted by atomic mass is 9.97. The Balaban J connectivity index is 1.84. The molecule has 4 rings (SSSR count). The lowest BCUT2D eigenvalue weighted by molar-refractivity contribution is -0.105. The van der Waals surface area contributed by atoms with E-state index in [9.17, 15) is 9.18 Å². The fraction of sp³-hybridized carbons (Fsp3) is 0.176. The number of nitrogens with zero attached hydrogens (tertiary/aromatic N) is 2. The Morgan fingerprint density at radius 2 is 2.09 bits per heavy atom. The van der Waals surface area contributed by atoms with E-state index in [2.05, 4.69) is 10.3 Å². The van der Waals surface area contributed by atoms with Gasteiger partial charge in [-0.3, -0.25) is 4.79 Å². The Kier molecular flexibility index (Phi) is 2.92. The Morgan fingerprint density at radius 3 is 2.86 bits per heavy atom. The van der Waals surface area contributed by atoms with E-state index in [1.165, 1.54) is 6.07 Å². The van der Waals surface area contributed by atoms with E-state index in [1.807, 2.05) is 28.8 Å². The maximum Gasteiger partial charge on any atom is 0.212 e. The van der Waals surface area contributed by atoms with Crippen LogP contribution in [-0.2, 0) is 4.79 Å². The third-order valence-corrected chi connectivity index (χ3v) is 4.01. The monoisotopic (exact) mass is 295 g/mol. The molecular formula is C17H14FN3O. The number of carbonyl (C=O) groups excluding carboxylic acids is 1. The van der Waals surface area contributed by atoms with Gasteiger partial charge in [0.05, 0.1) is 6.20 Å². The van der Waals surface area contributed by atoms with Gasteiger partial charge in [0.25, 0.3) is 0 Å². The van der Waals surface area contributed by atoms with Gasteiger partial charge in [0.1, 0.15) is 11.5 Å². The molecule has 5 heteroatoms. The van der Waals surface area contributed by atoms with Gasteiger partial charge in [-0.1, -0.05) is 12.1 Å². The quantitative estimate of drug-likeness (QED) is 0.748. The minimum absolute atomic E-state index is 0.131. The van der Waals surface area contributed by atoms with Crippen LogP contribution in [0.5, 0.6) is 0 Å². The number of carbonyl (C=O) groups is 1. The second-order valence-corrected chi connectivity index (χ2v) is 5.55. The number of anilines is 1. The predicted octanol–water partition coefficient (Wildman–Crippen LogP) is 3.59. The maximum absolute atomic E-state index is 14.2. The molecule has 0 spiro atoms. The van der Waals surface area contributed by atoms with Crippen molar-refractivity contribution in [1.29, 1.82) is 0 Å². The second kappa shape index (κ2) is 4.94. The molecule has 0 aliphatic heterocycles. The van der Waals surface area contributed by atoms with Crippen LogP contribution in [0.4, 0.5) is 10.2 Å². The third-order valence-electron chi connectivity index (χ3n) is 4.01. The number of amides is 1. The average Bonchev–Trinajstić information content (AvgIpc) is 3.26. The number of nitrogens with one attached hydrogen (secondary N) is 1. The molecule has 1 N–H and O–H groups in total. The molecule has 3 aromatic rings. The number of benzene rings is 1. The Labute approximate surface area is 126 Å². The molecule has 1 saturated carbocycles. The average molecular weight is 295 g/mol. The molecule has 1 aliphatic carbocycles. The van der Waals surface area contributed by atoms with Gasteiger partial charge >= 0.3 is 0 Å². The highest BCUT2D eigenvalue weighted by Crippen LogP contribution is 2.45. The van der Waals surface area contributed by atoms with Crippen molar-refractivity contribution in [3.8, 4) is 11.1 Å². The van der Waals surface area contributed by atoms with Gasteiger partial charge in [-0.05, 0) is 53.6 Å². The van der Waals surface area contributed by atoms with Crippen molar-refractivity contribution in [2.75, 3.05) is 5.32 Å². The molecule has 0 saturated heterocycles. The number of aromatic nitrogens is 2. The summed E-state index contributed by atoms with van der Waals surface area (Å²) in [5.41, 5.74) is 3.43. The van der Waals surface area contributed by atoms with Gasteiger partial charge in [-0.15, -0.1) is 0 Å². The summed E-state index contributed by atoms with van der Waals surface area (Å²) in [6, 6.07) is 9.03. The van der Waals surface area contributed by atoms with E-state index in [1.54, 1.807) is 12.3 Å². The highest BCUT2D eigenvalue weighted by molar-refractivity contribution is 5.72. The van der Waals surface area contributed by atoms with Crippen molar-refractivity contribution in [2.24, 2.45) is 0 Å². The smallest absolute Gasteiger partial charge is 0.212 e. The van der Waals surface area contributed by atoms with Crippen LogP contribution in [0.1, 0.15) is 24.3 Å². The second-order valence-electron chi connectivity index (χ2n) is 5.55. The number of halogens is 1. The highest BCUT2D eigenvalue weighted by atomic mass is 19.1. The molecule has 1 aromatic carbocycles. The minimum atomic E-state index is -0.131. The van der Waals surface area contributed by atoms with Crippen LogP contribution < -0.4 is 5.32 Å². The standard InChI is InChI=1S/C17H14FN3O/c18-14-3-1-2-13(17(14)11-4-5-11)12-6-7-16-20-15(19-10-22)9-21(16)8-12/h1-3,6-11H,4-5H2,(H,19,22). The van der Waals surface area contributed by atoms with Crippen molar-refractivity contribution < 1.29 is 9.18 Å². The summed E-state index contributed by atoms with van der Waals surface area (Å²) in [5, 5.41) is 2.53. The minimum Gasteiger partial charge on any atom is -0.312 e. The van der Waals surface area contributed by atoms with Crippen molar-refractivity contribution in [3.05, 3.63) is 54.1 Å². The summed E-state index contributed by atoms with van der Waals surface area (Å²) in [6.07, 6.45) is 6.35. The lowest BCUT2D eigenvalue weighted by Crippen LogP contribution is -1.94. The van der Waals surface area contributed by atoms with Crippen LogP contribution in [0.15, 0.2) is 42.7 Å². The SMILES string of the molecule is O=CNc1cn2cc(-c3cccc(F)c3C3CC3)ccc2n1. The van der Waals surface area contributed by atoms with Crippen LogP contribution in [-0.4, -0.2) is 15.8 Å². The molecule has 4 nitrogen and oxygen atoms in total. The third kappa shape index (κ3) is 2.15. The fourth-order valence-electron chi connectivity index (χ4n) is 2.86. The van der Waals surface area contributed by atoms with E-state index in [4.69, 9.17) is 0 Å². The molecular weight excluding hydrogens is 281 g/mol. The molecule has 2 heterocycles. The number of hydrogen-bond acceptors (Lipinski definition) is 2. The molecule has 0 atom stereocenters. The normalized spacial score (nSPS) is 14.2. The number of hydrogen-bond donors (Lipinski definition) is 1. The van der Waals surface area contributed by atoms with E-state index < -0.39 is 0 Å². The van der Waals surface area contributed by atoms with Crippen LogP contribution >= 0.6 is 0 Å². The van der Waals surface area contributed by atoms with Crippen LogP contribution in [0, 0.1) is 5.82 Å². The van der Waals surface area contributed by atoms with E-state index in [0.29, 0.717) is 18.1 Å². The molecule has 0 radical (unpaired) electrons. The Hall–Kier alpha value is -2.69. The van der Waals surface area contributed by atoms with Gasteiger partial charge in [0.2, 0.25) is 6.41 Å². The number of imidazole rings is 1. The van der Waals surface area contributed by atoms with Crippen LogP contribution in [0.3, 0.4) is 0 Å². The van der Waals surface area contributed by atoms with E-state index in [-0.39, 0.29) is 5.82 Å². The molecule has 1 amide bonds. The molecule has 22 heavy (non-hydrogen) atoms. The van der Waals surface area contributed by atoms with Gasteiger partial charge in [0, 0.05) is 6.20 Å². The molecule has 1 fully saturated rings. The van der Waals surface area contributed by atoms with E-state index >= 15 is 0 Å². The molecule has 2 aromatic heterocycles. The first-order valence-corrected chi connectivity index (χ1v) is 7.24. The molecule has 1 aliphatic rings. The summed E-state index contributed by atoms with van der Waals surface area (Å²) >= 11 is 0. The fourth-order valence-corrected chi connectivity index (χ4v) is 2.86. The maximum atomic E-state index is 14.2.